The van der Waals surface area contributed by atoms with Crippen molar-refractivity contribution in [2.45, 2.75) is 25.3 Å². The summed E-state index contributed by atoms with van der Waals surface area (Å²) in [7, 11) is 0. The number of aromatic nitrogens is 2. The molecule has 7 heteroatoms. The zero-order chi connectivity index (χ0) is 14.8. The van der Waals surface area contributed by atoms with Crippen molar-refractivity contribution in [1.29, 1.82) is 0 Å². The molecule has 0 radical (unpaired) electrons. The van der Waals surface area contributed by atoms with Gasteiger partial charge in [0.1, 0.15) is 0 Å². The Morgan fingerprint density at radius 3 is 3.00 bits per heavy atom. The second-order valence-corrected chi connectivity index (χ2v) is 5.21. The van der Waals surface area contributed by atoms with E-state index in [2.05, 4.69) is 20.6 Å². The molecule has 0 saturated heterocycles. The molecule has 1 saturated carbocycles. The Labute approximate surface area is 120 Å². The molecule has 3 rings (SSSR count). The summed E-state index contributed by atoms with van der Waals surface area (Å²) in [6, 6.07) is 5.35. The smallest absolute Gasteiger partial charge is 0.260 e. The van der Waals surface area contributed by atoms with Crippen molar-refractivity contribution in [3.8, 4) is 0 Å². The van der Waals surface area contributed by atoms with E-state index < -0.39 is 0 Å². The number of benzene rings is 1. The number of nitrogen functional groups attached to an aromatic ring is 1. The first-order valence-corrected chi connectivity index (χ1v) is 6.94. The number of nitrogens with zero attached hydrogens (tertiary/aromatic N) is 1. The quantitative estimate of drug-likeness (QED) is 0.601. The van der Waals surface area contributed by atoms with E-state index in [1.807, 2.05) is 0 Å². The van der Waals surface area contributed by atoms with Gasteiger partial charge in [0.05, 0.1) is 10.9 Å². The Bertz CT molecular complexity index is 736. The van der Waals surface area contributed by atoms with Gasteiger partial charge in [-0.15, -0.1) is 0 Å². The molecule has 1 fully saturated rings. The number of anilines is 2. The number of nitrogens with one attached hydrogen (secondary N) is 3. The fourth-order valence-electron chi connectivity index (χ4n) is 2.06. The third-order valence-corrected chi connectivity index (χ3v) is 3.32. The summed E-state index contributed by atoms with van der Waals surface area (Å²) in [5.41, 5.74) is 6.48. The zero-order valence-electron chi connectivity index (χ0n) is 11.5. The lowest BCUT2D eigenvalue weighted by atomic mass is 10.2. The van der Waals surface area contributed by atoms with Crippen molar-refractivity contribution in [3.63, 3.8) is 0 Å². The number of fused-ring (bicyclic) bond motifs is 1. The summed E-state index contributed by atoms with van der Waals surface area (Å²) in [4.78, 5) is 30.4. The highest BCUT2D eigenvalue weighted by atomic mass is 16.1. The number of hydrogen-bond acceptors (Lipinski definition) is 5. The highest BCUT2D eigenvalue weighted by molar-refractivity contribution is 5.82. The monoisotopic (exact) mass is 287 g/mol. The molecule has 0 bridgehead atoms. The average molecular weight is 287 g/mol. The highest BCUT2D eigenvalue weighted by Gasteiger charge is 2.22. The molecule has 1 heterocycles. The standard InChI is InChI=1S/C14H17N5O2/c15-8-1-4-11-10(7-8)13(21)19-14(18-11)16-6-5-12(20)17-9-2-3-9/h1,4,7,9H,2-3,5-6,15H2,(H,17,20)(H2,16,18,19,21). The topological polar surface area (TPSA) is 113 Å². The van der Waals surface area contributed by atoms with Gasteiger partial charge in [0.25, 0.3) is 5.56 Å². The van der Waals surface area contributed by atoms with Gasteiger partial charge in [-0.3, -0.25) is 14.6 Å². The molecule has 1 aromatic carbocycles. The van der Waals surface area contributed by atoms with Crippen LogP contribution in [0.4, 0.5) is 11.6 Å². The van der Waals surface area contributed by atoms with Crippen molar-refractivity contribution < 1.29 is 4.79 Å². The van der Waals surface area contributed by atoms with Crippen LogP contribution < -0.4 is 21.9 Å². The molecule has 7 nitrogen and oxygen atoms in total. The molecule has 0 aliphatic heterocycles. The van der Waals surface area contributed by atoms with Gasteiger partial charge in [-0.2, -0.15) is 0 Å². The normalized spacial score (nSPS) is 14.1. The van der Waals surface area contributed by atoms with Gasteiger partial charge in [-0.05, 0) is 31.0 Å². The summed E-state index contributed by atoms with van der Waals surface area (Å²) < 4.78 is 0. The minimum atomic E-state index is -0.253. The second kappa shape index (κ2) is 5.43. The van der Waals surface area contributed by atoms with Gasteiger partial charge < -0.3 is 16.4 Å². The third-order valence-electron chi connectivity index (χ3n) is 3.32. The van der Waals surface area contributed by atoms with E-state index in [1.54, 1.807) is 18.2 Å². The molecule has 5 N–H and O–H groups in total. The summed E-state index contributed by atoms with van der Waals surface area (Å²) >= 11 is 0. The number of hydrogen-bond donors (Lipinski definition) is 4. The molecule has 0 atom stereocenters. The van der Waals surface area contributed by atoms with Crippen molar-refractivity contribution in [2.75, 3.05) is 17.6 Å². The number of aromatic amines is 1. The summed E-state index contributed by atoms with van der Waals surface area (Å²) in [5, 5.41) is 6.31. The maximum absolute atomic E-state index is 11.9. The number of carbonyl (C=O) groups excluding carboxylic acids is 1. The maximum atomic E-state index is 11.9. The zero-order valence-corrected chi connectivity index (χ0v) is 11.5. The molecule has 110 valence electrons. The molecular weight excluding hydrogens is 270 g/mol. The van der Waals surface area contributed by atoms with Crippen LogP contribution in [-0.4, -0.2) is 28.5 Å². The first-order chi connectivity index (χ1) is 10.1. The van der Waals surface area contributed by atoms with Crippen LogP contribution in [0.2, 0.25) is 0 Å². The van der Waals surface area contributed by atoms with E-state index in [0.717, 1.165) is 12.8 Å². The maximum Gasteiger partial charge on any atom is 0.260 e. The number of rotatable bonds is 5. The number of carbonyl (C=O) groups is 1. The van der Waals surface area contributed by atoms with Crippen molar-refractivity contribution in [2.24, 2.45) is 0 Å². The van der Waals surface area contributed by atoms with E-state index in [-0.39, 0.29) is 11.5 Å². The van der Waals surface area contributed by atoms with Gasteiger partial charge in [0.2, 0.25) is 11.9 Å². The van der Waals surface area contributed by atoms with Gasteiger partial charge >= 0.3 is 0 Å². The number of amides is 1. The predicted octanol–water partition coefficient (Wildman–Crippen LogP) is 0.586. The summed E-state index contributed by atoms with van der Waals surface area (Å²) in [5.74, 6) is 0.373. The molecule has 21 heavy (non-hydrogen) atoms. The highest BCUT2D eigenvalue weighted by Crippen LogP contribution is 2.18. The van der Waals surface area contributed by atoms with Crippen LogP contribution in [0.15, 0.2) is 23.0 Å². The van der Waals surface area contributed by atoms with E-state index in [0.29, 0.717) is 41.5 Å². The van der Waals surface area contributed by atoms with E-state index >= 15 is 0 Å². The van der Waals surface area contributed by atoms with Crippen LogP contribution in [0.3, 0.4) is 0 Å². The largest absolute Gasteiger partial charge is 0.399 e. The van der Waals surface area contributed by atoms with Crippen LogP contribution in [0, 0.1) is 0 Å². The second-order valence-electron chi connectivity index (χ2n) is 5.21. The molecule has 1 aliphatic rings. The fraction of sp³-hybridized carbons (Fsp3) is 0.357. The fourth-order valence-corrected chi connectivity index (χ4v) is 2.06. The molecule has 0 spiro atoms. The summed E-state index contributed by atoms with van der Waals surface area (Å²) in [6.07, 6.45) is 2.49. The minimum Gasteiger partial charge on any atom is -0.399 e. The van der Waals surface area contributed by atoms with Crippen molar-refractivity contribution in [1.82, 2.24) is 15.3 Å². The summed E-state index contributed by atoms with van der Waals surface area (Å²) in [6.45, 7) is 0.419. The van der Waals surface area contributed by atoms with Gasteiger partial charge in [-0.1, -0.05) is 0 Å². The Kier molecular flexibility index (Phi) is 3.47. The van der Waals surface area contributed by atoms with Gasteiger partial charge in [0, 0.05) is 24.7 Å². The van der Waals surface area contributed by atoms with Crippen molar-refractivity contribution >= 4 is 28.4 Å². The van der Waals surface area contributed by atoms with Crippen LogP contribution in [0.5, 0.6) is 0 Å². The SMILES string of the molecule is Nc1ccc2nc(NCCC(=O)NC3CC3)[nH]c(=O)c2c1. The first-order valence-electron chi connectivity index (χ1n) is 6.94. The van der Waals surface area contributed by atoms with Crippen LogP contribution >= 0.6 is 0 Å². The van der Waals surface area contributed by atoms with Gasteiger partial charge in [-0.25, -0.2) is 4.98 Å². The molecule has 2 aromatic rings. The molecule has 0 unspecified atom stereocenters. The third kappa shape index (κ3) is 3.31. The Morgan fingerprint density at radius 1 is 1.43 bits per heavy atom. The molecule has 1 aliphatic carbocycles. The number of nitrogens with two attached hydrogens (primary N) is 1. The lowest BCUT2D eigenvalue weighted by molar-refractivity contribution is -0.120. The lowest BCUT2D eigenvalue weighted by Gasteiger charge is -2.07. The Hall–Kier alpha value is -2.57. The Morgan fingerprint density at radius 2 is 2.24 bits per heavy atom. The minimum absolute atomic E-state index is 0.0147. The van der Waals surface area contributed by atoms with Crippen LogP contribution in [-0.2, 0) is 4.79 Å². The van der Waals surface area contributed by atoms with E-state index in [4.69, 9.17) is 5.73 Å². The predicted molar refractivity (Wildman–Crippen MR) is 81.0 cm³/mol. The van der Waals surface area contributed by atoms with Gasteiger partial charge in [0.15, 0.2) is 0 Å². The average Bonchev–Trinajstić information content (AvgIpc) is 3.23. The first kappa shape index (κ1) is 13.4. The lowest BCUT2D eigenvalue weighted by Crippen LogP contribution is -2.27. The van der Waals surface area contributed by atoms with E-state index in [1.165, 1.54) is 0 Å². The van der Waals surface area contributed by atoms with E-state index in [9.17, 15) is 9.59 Å². The Balaban J connectivity index is 1.65. The van der Waals surface area contributed by atoms with Crippen molar-refractivity contribution in [3.05, 3.63) is 28.6 Å². The molecular formula is C14H17N5O2. The number of H-pyrrole nitrogens is 1. The van der Waals surface area contributed by atoms with Crippen LogP contribution in [0.1, 0.15) is 19.3 Å². The molecule has 1 aromatic heterocycles. The molecule has 1 amide bonds. The van der Waals surface area contributed by atoms with Crippen LogP contribution in [0.25, 0.3) is 10.9 Å².